The van der Waals surface area contributed by atoms with E-state index in [0.717, 1.165) is 61.7 Å². The number of nitrogens with zero attached hydrogens (tertiary/aromatic N) is 4. The van der Waals surface area contributed by atoms with Crippen LogP contribution in [0.4, 0.5) is 5.82 Å². The summed E-state index contributed by atoms with van der Waals surface area (Å²) in [5.74, 6) is 1.09. The minimum atomic E-state index is -0.519. The van der Waals surface area contributed by atoms with Crippen LogP contribution >= 0.6 is 11.6 Å². The second-order valence-corrected chi connectivity index (χ2v) is 10.6. The zero-order valence-electron chi connectivity index (χ0n) is 20.9. The van der Waals surface area contributed by atoms with Crippen molar-refractivity contribution in [3.63, 3.8) is 0 Å². The average Bonchev–Trinajstić information content (AvgIpc) is 3.21. The lowest BCUT2D eigenvalue weighted by atomic mass is 9.93. The number of carbonyl (C=O) groups is 1. The molecule has 1 amide bonds. The molecule has 3 aliphatic rings. The molecule has 2 aromatic rings. The SMILES string of the molecule is CC1C[C@@H](O)c2ncnc(N3CCN(C(=O)[C@H](CCNC4CCOCC4)c4ccc(Cl)cc4)CC3)c21. The van der Waals surface area contributed by atoms with Crippen molar-refractivity contribution < 1.29 is 14.6 Å². The van der Waals surface area contributed by atoms with Gasteiger partial charge in [-0.2, -0.15) is 0 Å². The highest BCUT2D eigenvalue weighted by molar-refractivity contribution is 6.30. The lowest BCUT2D eigenvalue weighted by Gasteiger charge is -2.38. The van der Waals surface area contributed by atoms with E-state index in [1.807, 2.05) is 29.2 Å². The highest BCUT2D eigenvalue weighted by atomic mass is 35.5. The lowest BCUT2D eigenvalue weighted by Crippen LogP contribution is -2.50. The van der Waals surface area contributed by atoms with Crippen LogP contribution in [0, 0.1) is 0 Å². The van der Waals surface area contributed by atoms with E-state index in [1.165, 1.54) is 0 Å². The van der Waals surface area contributed by atoms with Gasteiger partial charge in [-0.05, 0) is 55.8 Å². The average molecular weight is 514 g/mol. The van der Waals surface area contributed by atoms with Crippen LogP contribution in [-0.4, -0.2) is 77.9 Å². The van der Waals surface area contributed by atoms with Gasteiger partial charge in [0.15, 0.2) is 0 Å². The van der Waals surface area contributed by atoms with E-state index in [9.17, 15) is 9.90 Å². The van der Waals surface area contributed by atoms with Crippen LogP contribution in [-0.2, 0) is 9.53 Å². The molecule has 9 heteroatoms. The number of aliphatic hydroxyl groups excluding tert-OH is 1. The molecular weight excluding hydrogens is 478 g/mol. The summed E-state index contributed by atoms with van der Waals surface area (Å²) < 4.78 is 5.46. The Morgan fingerprint density at radius 3 is 2.61 bits per heavy atom. The topological polar surface area (TPSA) is 90.8 Å². The van der Waals surface area contributed by atoms with Crippen LogP contribution < -0.4 is 10.2 Å². The maximum Gasteiger partial charge on any atom is 0.230 e. The predicted octanol–water partition coefficient (Wildman–Crippen LogP) is 3.26. The monoisotopic (exact) mass is 513 g/mol. The fourth-order valence-electron chi connectivity index (χ4n) is 5.77. The number of rotatable bonds is 7. The number of amides is 1. The number of fused-ring (bicyclic) bond motifs is 1. The Morgan fingerprint density at radius 2 is 1.89 bits per heavy atom. The number of carbonyl (C=O) groups excluding carboxylic acids is 1. The summed E-state index contributed by atoms with van der Waals surface area (Å²) in [4.78, 5) is 26.9. The van der Waals surface area contributed by atoms with Gasteiger partial charge in [0.2, 0.25) is 5.91 Å². The molecule has 5 rings (SSSR count). The highest BCUT2D eigenvalue weighted by Crippen LogP contribution is 2.42. The molecule has 0 radical (unpaired) electrons. The number of aromatic nitrogens is 2. The van der Waals surface area contributed by atoms with E-state index in [1.54, 1.807) is 6.33 Å². The molecule has 0 spiro atoms. The van der Waals surface area contributed by atoms with Crippen LogP contribution in [0.25, 0.3) is 0 Å². The van der Waals surface area contributed by atoms with E-state index in [2.05, 4.69) is 27.1 Å². The van der Waals surface area contributed by atoms with E-state index in [4.69, 9.17) is 16.3 Å². The summed E-state index contributed by atoms with van der Waals surface area (Å²) in [5.41, 5.74) is 2.82. The molecule has 194 valence electrons. The molecule has 1 aromatic carbocycles. The van der Waals surface area contributed by atoms with Crippen LogP contribution in [0.15, 0.2) is 30.6 Å². The Bertz CT molecular complexity index is 1040. The molecular formula is C27H36ClN5O3. The summed E-state index contributed by atoms with van der Waals surface area (Å²) in [5, 5.41) is 14.7. The molecule has 3 heterocycles. The van der Waals surface area contributed by atoms with E-state index in [-0.39, 0.29) is 17.7 Å². The van der Waals surface area contributed by atoms with Gasteiger partial charge in [0.25, 0.3) is 0 Å². The van der Waals surface area contributed by atoms with Crippen molar-refractivity contribution in [3.05, 3.63) is 52.4 Å². The Kier molecular flexibility index (Phi) is 8.06. The van der Waals surface area contributed by atoms with Gasteiger partial charge >= 0.3 is 0 Å². The Morgan fingerprint density at radius 1 is 1.17 bits per heavy atom. The quantitative estimate of drug-likeness (QED) is 0.587. The van der Waals surface area contributed by atoms with Crippen molar-refractivity contribution in [3.8, 4) is 0 Å². The molecule has 0 saturated carbocycles. The smallest absolute Gasteiger partial charge is 0.230 e. The summed E-state index contributed by atoms with van der Waals surface area (Å²) in [7, 11) is 0. The van der Waals surface area contributed by atoms with E-state index in [0.29, 0.717) is 43.7 Å². The molecule has 36 heavy (non-hydrogen) atoms. The number of nitrogens with one attached hydrogen (secondary N) is 1. The molecule has 1 aromatic heterocycles. The molecule has 0 bridgehead atoms. The van der Waals surface area contributed by atoms with Crippen LogP contribution in [0.5, 0.6) is 0 Å². The van der Waals surface area contributed by atoms with Gasteiger partial charge in [0, 0.05) is 56.0 Å². The second kappa shape index (κ2) is 11.4. The minimum absolute atomic E-state index is 0.169. The fraction of sp³-hybridized carbons (Fsp3) is 0.593. The maximum absolute atomic E-state index is 13.8. The van der Waals surface area contributed by atoms with Crippen molar-refractivity contribution in [2.75, 3.05) is 50.8 Å². The van der Waals surface area contributed by atoms with Crippen LogP contribution in [0.2, 0.25) is 5.02 Å². The maximum atomic E-state index is 13.8. The molecule has 1 unspecified atom stereocenters. The summed E-state index contributed by atoms with van der Waals surface area (Å²) in [6, 6.07) is 8.15. The zero-order chi connectivity index (χ0) is 25.1. The Balaban J connectivity index is 1.24. The van der Waals surface area contributed by atoms with Gasteiger partial charge < -0.3 is 25.0 Å². The molecule has 2 aliphatic heterocycles. The molecule has 2 fully saturated rings. The number of benzene rings is 1. The largest absolute Gasteiger partial charge is 0.387 e. The zero-order valence-corrected chi connectivity index (χ0v) is 21.7. The number of anilines is 1. The van der Waals surface area contributed by atoms with Gasteiger partial charge in [-0.3, -0.25) is 4.79 Å². The van der Waals surface area contributed by atoms with Crippen molar-refractivity contribution in [1.82, 2.24) is 20.2 Å². The Hall–Kier alpha value is -2.26. The third-order valence-corrected chi connectivity index (χ3v) is 8.08. The molecule has 3 atom stereocenters. The van der Waals surface area contributed by atoms with Crippen LogP contribution in [0.1, 0.15) is 67.4 Å². The minimum Gasteiger partial charge on any atom is -0.387 e. The molecule has 1 aliphatic carbocycles. The number of aliphatic hydroxyl groups is 1. The predicted molar refractivity (Wildman–Crippen MR) is 139 cm³/mol. The van der Waals surface area contributed by atoms with Gasteiger partial charge in [-0.1, -0.05) is 30.7 Å². The Labute approximate surface area is 218 Å². The van der Waals surface area contributed by atoms with Gasteiger partial charge in [-0.25, -0.2) is 9.97 Å². The third-order valence-electron chi connectivity index (χ3n) is 7.83. The van der Waals surface area contributed by atoms with Crippen LogP contribution in [0.3, 0.4) is 0 Å². The summed E-state index contributed by atoms with van der Waals surface area (Å²) in [6.07, 6.45) is 4.49. The van der Waals surface area contributed by atoms with Crippen molar-refractivity contribution >= 4 is 23.3 Å². The first-order valence-corrected chi connectivity index (χ1v) is 13.5. The number of hydrogen-bond acceptors (Lipinski definition) is 7. The van der Waals surface area contributed by atoms with Crippen molar-refractivity contribution in [2.24, 2.45) is 0 Å². The second-order valence-electron chi connectivity index (χ2n) is 10.2. The third kappa shape index (κ3) is 5.52. The lowest BCUT2D eigenvalue weighted by molar-refractivity contribution is -0.133. The summed E-state index contributed by atoms with van der Waals surface area (Å²) in [6.45, 7) is 7.22. The van der Waals surface area contributed by atoms with Gasteiger partial charge in [-0.15, -0.1) is 0 Å². The summed E-state index contributed by atoms with van der Waals surface area (Å²) >= 11 is 6.13. The normalized spacial score (nSPS) is 23.5. The van der Waals surface area contributed by atoms with E-state index >= 15 is 0 Å². The van der Waals surface area contributed by atoms with Crippen molar-refractivity contribution in [2.45, 2.75) is 56.6 Å². The van der Waals surface area contributed by atoms with Gasteiger partial charge in [0.05, 0.1) is 17.7 Å². The number of ether oxygens (including phenoxy) is 1. The molecule has 2 N–H and O–H groups in total. The first-order valence-electron chi connectivity index (χ1n) is 13.1. The van der Waals surface area contributed by atoms with Gasteiger partial charge in [0.1, 0.15) is 12.1 Å². The number of piperazine rings is 1. The standard InChI is InChI=1S/C27H36ClN5O3/c1-18-16-23(34)25-24(18)26(31-17-30-25)32-10-12-33(13-11-32)27(35)22(19-2-4-20(28)5-3-19)6-9-29-21-7-14-36-15-8-21/h2-5,17-18,21-23,29,34H,6-16H2,1H3/t18?,22-,23-/m1/s1. The first-order chi connectivity index (χ1) is 17.5. The number of hydrogen-bond donors (Lipinski definition) is 2. The molecule has 2 saturated heterocycles. The number of halogens is 1. The fourth-order valence-corrected chi connectivity index (χ4v) is 5.90. The van der Waals surface area contributed by atoms with Crippen molar-refractivity contribution in [1.29, 1.82) is 0 Å². The molecule has 8 nitrogen and oxygen atoms in total. The highest BCUT2D eigenvalue weighted by Gasteiger charge is 2.35. The van der Waals surface area contributed by atoms with E-state index < -0.39 is 6.10 Å². The first kappa shape index (κ1) is 25.4.